The third-order valence-corrected chi connectivity index (χ3v) is 3.89. The highest BCUT2D eigenvalue weighted by molar-refractivity contribution is 6.42. The zero-order valence-electron chi connectivity index (χ0n) is 12.3. The number of rotatable bonds is 4. The average Bonchev–Trinajstić information content (AvgIpc) is 2.54. The van der Waals surface area contributed by atoms with Crippen LogP contribution < -0.4 is 10.6 Å². The minimum Gasteiger partial charge on any atom is -0.340 e. The Labute approximate surface area is 144 Å². The maximum atomic E-state index is 6.01. The van der Waals surface area contributed by atoms with Crippen LogP contribution in [0.2, 0.25) is 10.0 Å². The molecule has 0 aliphatic heterocycles. The molecule has 2 N–H and O–H groups in total. The van der Waals surface area contributed by atoms with E-state index in [0.29, 0.717) is 21.8 Å². The molecule has 0 amide bonds. The second kappa shape index (κ2) is 6.86. The molecule has 1 aromatic heterocycles. The molecule has 0 fully saturated rings. The molecule has 6 heteroatoms. The topological polar surface area (TPSA) is 49.8 Å². The van der Waals surface area contributed by atoms with Crippen LogP contribution in [0.5, 0.6) is 0 Å². The Bertz CT molecular complexity index is 819. The van der Waals surface area contributed by atoms with E-state index in [1.165, 1.54) is 5.56 Å². The number of nitrogens with one attached hydrogen (secondary N) is 2. The molecule has 2 aromatic carbocycles. The minimum atomic E-state index is 0.490. The van der Waals surface area contributed by atoms with Crippen molar-refractivity contribution in [1.29, 1.82) is 0 Å². The Kier molecular flexibility index (Phi) is 4.65. The minimum absolute atomic E-state index is 0.490. The molecule has 116 valence electrons. The first-order chi connectivity index (χ1) is 11.1. The molecule has 0 radical (unpaired) electrons. The number of nitrogens with zero attached hydrogens (tertiary/aromatic N) is 2. The van der Waals surface area contributed by atoms with Crippen LogP contribution in [0.15, 0.2) is 54.7 Å². The van der Waals surface area contributed by atoms with E-state index in [2.05, 4.69) is 20.6 Å². The monoisotopic (exact) mass is 344 g/mol. The molecule has 1 heterocycles. The summed E-state index contributed by atoms with van der Waals surface area (Å²) < 4.78 is 0. The van der Waals surface area contributed by atoms with E-state index in [9.17, 15) is 0 Å². The molecule has 3 rings (SSSR count). The van der Waals surface area contributed by atoms with Gasteiger partial charge in [-0.25, -0.2) is 4.98 Å². The summed E-state index contributed by atoms with van der Waals surface area (Å²) in [6.07, 6.45) is 1.68. The molecule has 4 nitrogen and oxygen atoms in total. The molecule has 0 aliphatic carbocycles. The van der Waals surface area contributed by atoms with E-state index >= 15 is 0 Å². The highest BCUT2D eigenvalue weighted by Crippen LogP contribution is 2.26. The number of anilines is 4. The molecule has 3 aromatic rings. The van der Waals surface area contributed by atoms with E-state index in [0.717, 1.165) is 11.4 Å². The number of benzene rings is 2. The Hall–Kier alpha value is -2.30. The van der Waals surface area contributed by atoms with Crippen molar-refractivity contribution >= 4 is 46.3 Å². The van der Waals surface area contributed by atoms with E-state index < -0.39 is 0 Å². The van der Waals surface area contributed by atoms with Crippen LogP contribution in [0.1, 0.15) is 5.56 Å². The van der Waals surface area contributed by atoms with Gasteiger partial charge in [-0.3, -0.25) is 0 Å². The molecule has 0 bridgehead atoms. The van der Waals surface area contributed by atoms with Crippen molar-refractivity contribution < 1.29 is 0 Å². The van der Waals surface area contributed by atoms with Crippen LogP contribution in [0.25, 0.3) is 0 Å². The van der Waals surface area contributed by atoms with Gasteiger partial charge in [0.1, 0.15) is 5.82 Å². The molecule has 0 saturated heterocycles. The Morgan fingerprint density at radius 1 is 0.826 bits per heavy atom. The Morgan fingerprint density at radius 2 is 1.57 bits per heavy atom. The maximum Gasteiger partial charge on any atom is 0.229 e. The summed E-state index contributed by atoms with van der Waals surface area (Å²) in [5, 5.41) is 7.35. The molecule has 0 unspecified atom stereocenters. The van der Waals surface area contributed by atoms with Gasteiger partial charge in [-0.15, -0.1) is 0 Å². The summed E-state index contributed by atoms with van der Waals surface area (Å²) in [5.41, 5.74) is 2.94. The van der Waals surface area contributed by atoms with Gasteiger partial charge in [0.2, 0.25) is 5.95 Å². The van der Waals surface area contributed by atoms with Crippen LogP contribution in [0.4, 0.5) is 23.1 Å². The lowest BCUT2D eigenvalue weighted by Crippen LogP contribution is -2.00. The summed E-state index contributed by atoms with van der Waals surface area (Å²) in [4.78, 5) is 8.65. The van der Waals surface area contributed by atoms with Crippen LogP contribution >= 0.6 is 23.2 Å². The largest absolute Gasteiger partial charge is 0.340 e. The molecular formula is C17H14Cl2N4. The van der Waals surface area contributed by atoms with Crippen LogP contribution in [-0.4, -0.2) is 9.97 Å². The molecule has 0 saturated carbocycles. The van der Waals surface area contributed by atoms with Crippen molar-refractivity contribution in [3.63, 3.8) is 0 Å². The highest BCUT2D eigenvalue weighted by atomic mass is 35.5. The van der Waals surface area contributed by atoms with Crippen molar-refractivity contribution in [2.45, 2.75) is 6.92 Å². The van der Waals surface area contributed by atoms with E-state index in [-0.39, 0.29) is 0 Å². The lowest BCUT2D eigenvalue weighted by Gasteiger charge is -2.09. The molecule has 0 spiro atoms. The van der Waals surface area contributed by atoms with Gasteiger partial charge in [0.15, 0.2) is 0 Å². The number of aromatic nitrogens is 2. The number of hydrogen-bond acceptors (Lipinski definition) is 4. The molecule has 0 atom stereocenters. The van der Waals surface area contributed by atoms with Gasteiger partial charge in [0.25, 0.3) is 0 Å². The van der Waals surface area contributed by atoms with Crippen LogP contribution in [0, 0.1) is 6.92 Å². The second-order valence-corrected chi connectivity index (χ2v) is 5.82. The third-order valence-electron chi connectivity index (χ3n) is 3.16. The standard InChI is InChI=1S/C17H14Cl2N4/c1-11-2-4-12(5-3-11)22-17-20-9-8-16(23-17)21-13-6-7-14(18)15(19)10-13/h2-10H,1H3,(H2,20,21,22,23). The number of aryl methyl sites for hydroxylation is 1. The first-order valence-electron chi connectivity index (χ1n) is 6.99. The van der Waals surface area contributed by atoms with Gasteiger partial charge < -0.3 is 10.6 Å². The zero-order valence-corrected chi connectivity index (χ0v) is 13.9. The number of halogens is 2. The zero-order chi connectivity index (χ0) is 16.2. The van der Waals surface area contributed by atoms with Gasteiger partial charge in [0, 0.05) is 17.6 Å². The van der Waals surface area contributed by atoms with Crippen molar-refractivity contribution in [2.75, 3.05) is 10.6 Å². The van der Waals surface area contributed by atoms with Crippen molar-refractivity contribution in [3.05, 3.63) is 70.3 Å². The van der Waals surface area contributed by atoms with Crippen molar-refractivity contribution in [3.8, 4) is 0 Å². The fraction of sp³-hybridized carbons (Fsp3) is 0.0588. The second-order valence-electron chi connectivity index (χ2n) is 5.01. The van der Waals surface area contributed by atoms with Gasteiger partial charge in [-0.2, -0.15) is 4.98 Å². The SMILES string of the molecule is Cc1ccc(Nc2nccc(Nc3ccc(Cl)c(Cl)c3)n2)cc1. The molecule has 0 aliphatic rings. The van der Waals surface area contributed by atoms with Crippen LogP contribution in [-0.2, 0) is 0 Å². The summed E-state index contributed by atoms with van der Waals surface area (Å²) >= 11 is 11.9. The van der Waals surface area contributed by atoms with Gasteiger partial charge in [-0.1, -0.05) is 40.9 Å². The average molecular weight is 345 g/mol. The molecular weight excluding hydrogens is 331 g/mol. The van der Waals surface area contributed by atoms with Gasteiger partial charge in [0.05, 0.1) is 10.0 Å². The summed E-state index contributed by atoms with van der Waals surface area (Å²) in [6.45, 7) is 2.04. The Morgan fingerprint density at radius 3 is 2.30 bits per heavy atom. The predicted octanol–water partition coefficient (Wildman–Crippen LogP) is 5.58. The fourth-order valence-corrected chi connectivity index (χ4v) is 2.27. The smallest absolute Gasteiger partial charge is 0.229 e. The summed E-state index contributed by atoms with van der Waals surface area (Å²) in [5.74, 6) is 1.17. The number of hydrogen-bond donors (Lipinski definition) is 2. The highest BCUT2D eigenvalue weighted by Gasteiger charge is 2.03. The van der Waals surface area contributed by atoms with E-state index in [4.69, 9.17) is 23.2 Å². The first kappa shape index (κ1) is 15.6. The quantitative estimate of drug-likeness (QED) is 0.648. The van der Waals surface area contributed by atoms with Crippen molar-refractivity contribution in [2.24, 2.45) is 0 Å². The van der Waals surface area contributed by atoms with Gasteiger partial charge >= 0.3 is 0 Å². The molecule has 23 heavy (non-hydrogen) atoms. The first-order valence-corrected chi connectivity index (χ1v) is 7.74. The van der Waals surface area contributed by atoms with E-state index in [1.807, 2.05) is 37.3 Å². The van der Waals surface area contributed by atoms with E-state index in [1.54, 1.807) is 24.4 Å². The predicted molar refractivity (Wildman–Crippen MR) is 96.2 cm³/mol. The fourth-order valence-electron chi connectivity index (χ4n) is 1.98. The third kappa shape index (κ3) is 4.12. The summed E-state index contributed by atoms with van der Waals surface area (Å²) in [7, 11) is 0. The van der Waals surface area contributed by atoms with Crippen molar-refractivity contribution in [1.82, 2.24) is 9.97 Å². The lowest BCUT2D eigenvalue weighted by molar-refractivity contribution is 1.16. The summed E-state index contributed by atoms with van der Waals surface area (Å²) in [6, 6.07) is 15.1. The Balaban J connectivity index is 1.76. The van der Waals surface area contributed by atoms with Gasteiger partial charge in [-0.05, 0) is 43.3 Å². The lowest BCUT2D eigenvalue weighted by atomic mass is 10.2. The maximum absolute atomic E-state index is 6.01. The van der Waals surface area contributed by atoms with Crippen LogP contribution in [0.3, 0.4) is 0 Å². The normalized spacial score (nSPS) is 10.4.